The Morgan fingerprint density at radius 1 is 0.659 bits per heavy atom. The summed E-state index contributed by atoms with van der Waals surface area (Å²) in [7, 11) is 1.37. The van der Waals surface area contributed by atoms with Gasteiger partial charge in [-0.15, -0.1) is 0 Å². The fourth-order valence-corrected chi connectivity index (χ4v) is 17.1. The molecule has 11 bridgehead atoms. The maximum atomic E-state index is 16.7. The van der Waals surface area contributed by atoms with E-state index in [9.17, 15) is 65.1 Å². The maximum absolute atomic E-state index is 16.7. The zero-order chi connectivity index (χ0) is 95.2. The highest BCUT2D eigenvalue weighted by Gasteiger charge is 2.53. The van der Waals surface area contributed by atoms with E-state index >= 15 is 24.0 Å². The number of nitrogens with two attached hydrogens (primary N) is 3. The van der Waals surface area contributed by atoms with Gasteiger partial charge in [0.1, 0.15) is 83.7 Å². The van der Waals surface area contributed by atoms with Crippen LogP contribution in [0.2, 0.25) is 15.1 Å². The highest BCUT2D eigenvalue weighted by Crippen LogP contribution is 2.51. The first kappa shape index (κ1) is 98.5. The van der Waals surface area contributed by atoms with E-state index in [0.29, 0.717) is 11.4 Å². The SMILES string of the molecule is CNC(CC(C)O)C(=O)NC1C(=O)NC(CC(N)=O)C(=O)NC2C(=O)NC3C(=O)NC(C(=O)NC(C(=O)OCC(=O)NCCCN)c4cccc(O)c4-c4cc3ccc4O)C(OC3CC(C)(N)C(O)C(C)O3)c3ccc(c(Cl)c3)Oc3cc2cc(c3OC2OC(CO)C(O)C(O)C2OC2CC(C)(NCc3ccc(-c4ccc(Cl)cc4)cc3)C(O)C(C)O2)Oc2ccc(cc2Cl)C1O. The zero-order valence-corrected chi connectivity index (χ0v) is 74.4. The van der Waals surface area contributed by atoms with Gasteiger partial charge in [-0.2, -0.15) is 0 Å². The molecule has 15 rings (SSSR count). The lowest BCUT2D eigenvalue weighted by Gasteiger charge is -2.48. The Balaban J connectivity index is 1.02. The second-order valence-electron chi connectivity index (χ2n) is 33.7. The molecule has 39 nitrogen and oxygen atoms in total. The van der Waals surface area contributed by atoms with Crippen LogP contribution < -0.4 is 79.3 Å². The molecule has 23 atom stereocenters. The van der Waals surface area contributed by atoms with Gasteiger partial charge in [-0.1, -0.05) is 102 Å². The lowest BCUT2D eigenvalue weighted by atomic mass is 9.84. The summed E-state index contributed by atoms with van der Waals surface area (Å²) in [5, 5.41) is 130. The molecule has 7 aromatic carbocycles. The summed E-state index contributed by atoms with van der Waals surface area (Å²) in [5.41, 5.74) is 15.8. The topological polar surface area (TPSA) is 605 Å². The molecule has 0 aromatic heterocycles. The van der Waals surface area contributed by atoms with Crippen molar-refractivity contribution >= 4 is 88.0 Å². The Bertz CT molecular complexity index is 5440. The van der Waals surface area contributed by atoms with E-state index in [2.05, 4.69) is 47.9 Å². The van der Waals surface area contributed by atoms with E-state index in [1.165, 1.54) is 70.3 Å². The van der Waals surface area contributed by atoms with Gasteiger partial charge in [-0.3, -0.25) is 38.4 Å². The molecule has 0 spiro atoms. The number of rotatable bonds is 24. The number of fused-ring (bicyclic) bond motifs is 15. The molecule has 8 amide bonds. The van der Waals surface area contributed by atoms with Gasteiger partial charge in [-0.25, -0.2) is 4.79 Å². The number of hydrogen-bond acceptors (Lipinski definition) is 31. The van der Waals surface area contributed by atoms with E-state index in [4.69, 9.17) is 94.6 Å². The summed E-state index contributed by atoms with van der Waals surface area (Å²) < 4.78 is 58.8. The molecule has 0 saturated carbocycles. The number of benzene rings is 7. The van der Waals surface area contributed by atoms with Crippen molar-refractivity contribution < 1.29 is 132 Å². The second kappa shape index (κ2) is 42.1. The number of likely N-dealkylation sites (N-methyl/N-ethyl adjacent to an activating group) is 1. The number of carbonyl (C=O) groups is 9. The molecule has 3 saturated heterocycles. The minimum atomic E-state index is -2.42. The lowest BCUT2D eigenvalue weighted by Crippen LogP contribution is -2.65. The molecule has 42 heteroatoms. The van der Waals surface area contributed by atoms with E-state index in [1.807, 2.05) is 36.4 Å². The van der Waals surface area contributed by atoms with Crippen LogP contribution in [-0.4, -0.2) is 242 Å². The average molecular weight is 1890 g/mol. The Kier molecular flexibility index (Phi) is 31.4. The first-order valence-electron chi connectivity index (χ1n) is 42.4. The van der Waals surface area contributed by atoms with Crippen molar-refractivity contribution in [3.05, 3.63) is 182 Å². The number of ether oxygens (including phenoxy) is 9. The number of primary amides is 1. The number of halogens is 3. The summed E-state index contributed by atoms with van der Waals surface area (Å²) in [6, 6.07) is 16.4. The highest BCUT2D eigenvalue weighted by atomic mass is 35.5. The van der Waals surface area contributed by atoms with Gasteiger partial charge in [0.05, 0.1) is 59.6 Å². The average Bonchev–Trinajstić information content (AvgIpc) is 0.761. The van der Waals surface area contributed by atoms with E-state index < -0.39 is 273 Å². The van der Waals surface area contributed by atoms with Gasteiger partial charge in [0.15, 0.2) is 42.8 Å². The van der Waals surface area contributed by atoms with Crippen LogP contribution in [0.4, 0.5) is 0 Å². The zero-order valence-electron chi connectivity index (χ0n) is 72.1. The van der Waals surface area contributed by atoms with Crippen molar-refractivity contribution in [3.8, 4) is 62.5 Å². The Morgan fingerprint density at radius 3 is 1.90 bits per heavy atom. The monoisotopic (exact) mass is 1890 g/mol. The van der Waals surface area contributed by atoms with Gasteiger partial charge < -0.3 is 154 Å². The van der Waals surface area contributed by atoms with Crippen LogP contribution in [0.25, 0.3) is 22.3 Å². The van der Waals surface area contributed by atoms with Crippen molar-refractivity contribution in [2.24, 2.45) is 17.2 Å². The summed E-state index contributed by atoms with van der Waals surface area (Å²) in [6.07, 6.45) is -24.4. The third kappa shape index (κ3) is 22.4. The minimum absolute atomic E-state index is 0.0655. The molecule has 708 valence electrons. The molecular formula is C90H105Cl3N12O27. The van der Waals surface area contributed by atoms with Crippen molar-refractivity contribution in [1.29, 1.82) is 0 Å². The second-order valence-corrected chi connectivity index (χ2v) is 35.0. The van der Waals surface area contributed by atoms with Crippen molar-refractivity contribution in [2.45, 2.75) is 213 Å². The number of amides is 8. The Hall–Kier alpha value is -11.0. The third-order valence-electron chi connectivity index (χ3n) is 23.8. The molecule has 0 radical (unpaired) electrons. The predicted octanol–water partition coefficient (Wildman–Crippen LogP) is 2.44. The number of hydrogen-bond donors (Lipinski definition) is 21. The van der Waals surface area contributed by atoms with Crippen LogP contribution in [0.5, 0.6) is 40.2 Å². The lowest BCUT2D eigenvalue weighted by molar-refractivity contribution is -0.334. The van der Waals surface area contributed by atoms with Crippen molar-refractivity contribution in [3.63, 3.8) is 0 Å². The van der Waals surface area contributed by atoms with Crippen LogP contribution in [0.15, 0.2) is 133 Å². The normalized spacial score (nSPS) is 28.9. The van der Waals surface area contributed by atoms with Gasteiger partial charge >= 0.3 is 5.97 Å². The molecule has 132 heavy (non-hydrogen) atoms. The molecule has 8 aliphatic rings. The van der Waals surface area contributed by atoms with Gasteiger partial charge in [0.2, 0.25) is 53.4 Å². The van der Waals surface area contributed by atoms with Gasteiger partial charge in [0, 0.05) is 53.2 Å². The molecule has 0 aliphatic carbocycles. The molecule has 23 unspecified atom stereocenters. The van der Waals surface area contributed by atoms with Crippen LogP contribution in [-0.2, 0) is 78.1 Å². The predicted molar refractivity (Wildman–Crippen MR) is 470 cm³/mol. The summed E-state index contributed by atoms with van der Waals surface area (Å²) in [4.78, 5) is 136. The number of phenols is 2. The highest BCUT2D eigenvalue weighted by molar-refractivity contribution is 6.32. The number of carbonyl (C=O) groups excluding carboxylic acids is 9. The number of aliphatic hydroxyl groups is 7. The minimum Gasteiger partial charge on any atom is -0.507 e. The fourth-order valence-electron chi connectivity index (χ4n) is 16.6. The van der Waals surface area contributed by atoms with Gasteiger partial charge in [-0.05, 0) is 172 Å². The Morgan fingerprint density at radius 2 is 1.27 bits per heavy atom. The van der Waals surface area contributed by atoms with Crippen molar-refractivity contribution in [2.75, 3.05) is 33.4 Å². The fraction of sp³-hybridized carbons (Fsp3) is 0.433. The van der Waals surface area contributed by atoms with Crippen LogP contribution >= 0.6 is 34.8 Å². The first-order chi connectivity index (χ1) is 62.7. The van der Waals surface area contributed by atoms with E-state index in [-0.39, 0.29) is 66.9 Å². The van der Waals surface area contributed by atoms with Crippen LogP contribution in [0, 0.1) is 0 Å². The summed E-state index contributed by atoms with van der Waals surface area (Å²) in [6.45, 7) is 6.08. The maximum Gasteiger partial charge on any atom is 0.333 e. The first-order valence-corrected chi connectivity index (χ1v) is 43.6. The summed E-state index contributed by atoms with van der Waals surface area (Å²) in [5.74, 6) is -15.6. The number of esters is 1. The number of aromatic hydroxyl groups is 2. The molecular weight excluding hydrogens is 1790 g/mol. The van der Waals surface area contributed by atoms with Crippen molar-refractivity contribution in [1.82, 2.24) is 47.9 Å². The van der Waals surface area contributed by atoms with E-state index in [0.717, 1.165) is 59.2 Å². The van der Waals surface area contributed by atoms with E-state index in [1.54, 1.807) is 26.0 Å². The van der Waals surface area contributed by atoms with Crippen LogP contribution in [0.3, 0.4) is 0 Å². The molecule has 24 N–H and O–H groups in total. The molecule has 3 fully saturated rings. The quantitative estimate of drug-likeness (QED) is 0.0305. The summed E-state index contributed by atoms with van der Waals surface area (Å²) >= 11 is 20.9. The Labute approximate surface area is 771 Å². The van der Waals surface area contributed by atoms with Gasteiger partial charge in [0.25, 0.3) is 5.91 Å². The number of phenolic OH excluding ortho intramolecular Hbond substituents is 2. The largest absolute Gasteiger partial charge is 0.507 e. The molecule has 8 aliphatic heterocycles. The number of nitrogens with one attached hydrogen (secondary N) is 9. The molecule has 7 aromatic rings. The molecule has 8 heterocycles. The standard InChI is InChI=1S/C90H105Cl3N12O27/c1-39(107)27-54(97-6)81(117)104-71-73(112)46-18-23-58(52(92)29-46)127-60-31-48-32-61(77(60)132-88-78(75(114)74(113)62(37-106)129-88)131-66-35-90(5,80(116)41(3)126-66)99-36-42-11-13-43(14-12-42)44-15-20-49(91)21-16-44)128-59-24-19-47(30-53(59)93)76(130-65-34-89(4,96)79(115)40(2)125-65)72-86(122)103-70(87(123)124-38-64(111)98-26-8-25-94)50-9-7-10-57(109)67(50)51-28-45(17-22-56(51)108)68(83(119)105-72)102-84(120)69(48)101-82(118)55(33-63(95)110)100-85(71)121/h7,9-24,28-32,39-41,54-55,62,65-66,68-76,78-80,88,97,99,106-109,112-116H,8,25-27,33-38,94,96H2,1-6H3,(H2,95,110)(H,98,111)(H,100,121)(H,101,118)(H,102,120)(H,103,122)(H,104,117)(H,105,119). The number of aliphatic hydroxyl groups excluding tert-OH is 7. The van der Waals surface area contributed by atoms with Crippen LogP contribution in [0.1, 0.15) is 130 Å². The smallest absolute Gasteiger partial charge is 0.333 e. The third-order valence-corrected chi connectivity index (χ3v) is 24.6.